The van der Waals surface area contributed by atoms with Crippen molar-refractivity contribution in [1.29, 1.82) is 0 Å². The number of rotatable bonds is 3. The highest BCUT2D eigenvalue weighted by Gasteiger charge is 2.06. The normalized spacial score (nSPS) is 13.6. The minimum atomic E-state index is -0.0775. The van der Waals surface area contributed by atoms with Gasteiger partial charge in [0.05, 0.1) is 6.54 Å². The van der Waals surface area contributed by atoms with Crippen molar-refractivity contribution in [1.82, 2.24) is 10.6 Å². The van der Waals surface area contributed by atoms with E-state index in [-0.39, 0.29) is 36.4 Å². The van der Waals surface area contributed by atoms with Gasteiger partial charge >= 0.3 is 0 Å². The Morgan fingerprint density at radius 3 is 2.74 bits per heavy atom. The first-order chi connectivity index (χ1) is 8.74. The second-order valence-electron chi connectivity index (χ2n) is 3.92. The van der Waals surface area contributed by atoms with Crippen LogP contribution in [-0.4, -0.2) is 31.5 Å². The molecule has 0 bridgehead atoms. The second kappa shape index (κ2) is 8.56. The summed E-state index contributed by atoms with van der Waals surface area (Å²) in [5.74, 6) is 0.630. The minimum absolute atomic E-state index is 0. The van der Waals surface area contributed by atoms with Crippen LogP contribution in [0.25, 0.3) is 0 Å². The molecule has 1 aromatic carbocycles. The summed E-state index contributed by atoms with van der Waals surface area (Å²) in [7, 11) is 0. The van der Waals surface area contributed by atoms with Crippen molar-refractivity contribution >= 4 is 64.1 Å². The monoisotopic (exact) mass is 486 g/mol. The van der Waals surface area contributed by atoms with Crippen molar-refractivity contribution < 1.29 is 4.79 Å². The van der Waals surface area contributed by atoms with Gasteiger partial charge in [-0.15, -0.1) is 24.0 Å². The smallest absolute Gasteiger partial charge is 0.243 e. The first-order valence-corrected chi connectivity index (χ1v) is 6.89. The summed E-state index contributed by atoms with van der Waals surface area (Å²) in [5.41, 5.74) is 0.806. The number of guanidine groups is 1. The highest BCUT2D eigenvalue weighted by atomic mass is 127. The number of amides is 1. The lowest BCUT2D eigenvalue weighted by Gasteiger charge is -2.15. The zero-order chi connectivity index (χ0) is 12.8. The summed E-state index contributed by atoms with van der Waals surface area (Å²) in [4.78, 5) is 15.9. The Balaban J connectivity index is 0.00000180. The molecule has 0 fully saturated rings. The van der Waals surface area contributed by atoms with E-state index in [1.54, 1.807) is 0 Å². The molecule has 5 nitrogen and oxygen atoms in total. The van der Waals surface area contributed by atoms with Crippen molar-refractivity contribution in [2.75, 3.05) is 25.0 Å². The summed E-state index contributed by atoms with van der Waals surface area (Å²) >= 11 is 2.23. The maximum atomic E-state index is 11.7. The molecule has 1 aromatic rings. The number of hydrogen-bond donors (Lipinski definition) is 3. The number of aliphatic imine (C=N–C) groups is 1. The van der Waals surface area contributed by atoms with Crippen LogP contribution in [0.3, 0.4) is 0 Å². The molecule has 0 spiro atoms. The Hall–Kier alpha value is -0.580. The molecule has 3 N–H and O–H groups in total. The van der Waals surface area contributed by atoms with E-state index in [0.717, 1.165) is 28.8 Å². The molecule has 0 unspecified atom stereocenters. The van der Waals surface area contributed by atoms with E-state index < -0.39 is 0 Å². The van der Waals surface area contributed by atoms with Gasteiger partial charge in [0, 0.05) is 22.3 Å². The van der Waals surface area contributed by atoms with Crippen molar-refractivity contribution in [3.8, 4) is 0 Å². The van der Waals surface area contributed by atoms with Crippen LogP contribution in [0.15, 0.2) is 29.3 Å². The lowest BCUT2D eigenvalue weighted by Crippen LogP contribution is -2.43. The predicted molar refractivity (Wildman–Crippen MR) is 96.1 cm³/mol. The van der Waals surface area contributed by atoms with Gasteiger partial charge in [-0.25, -0.2) is 0 Å². The van der Waals surface area contributed by atoms with Gasteiger partial charge in [-0.1, -0.05) is 0 Å². The molecule has 1 heterocycles. The molecule has 1 amide bonds. The summed E-state index contributed by atoms with van der Waals surface area (Å²) in [5, 5.41) is 8.90. The van der Waals surface area contributed by atoms with Crippen LogP contribution in [-0.2, 0) is 4.79 Å². The van der Waals surface area contributed by atoms with Gasteiger partial charge in [0.25, 0.3) is 0 Å². The van der Waals surface area contributed by atoms with Gasteiger partial charge in [0.15, 0.2) is 5.96 Å². The van der Waals surface area contributed by atoms with Crippen molar-refractivity contribution in [3.05, 3.63) is 27.8 Å². The first-order valence-electron chi connectivity index (χ1n) is 5.81. The fraction of sp³-hybridized carbons (Fsp3) is 0.333. The molecule has 0 radical (unpaired) electrons. The topological polar surface area (TPSA) is 65.5 Å². The van der Waals surface area contributed by atoms with Gasteiger partial charge in [0.1, 0.15) is 0 Å². The molecular weight excluding hydrogens is 470 g/mol. The summed E-state index contributed by atoms with van der Waals surface area (Å²) in [6.45, 7) is 1.94. The van der Waals surface area contributed by atoms with Crippen molar-refractivity contribution in [3.63, 3.8) is 0 Å². The van der Waals surface area contributed by atoms with E-state index in [9.17, 15) is 4.79 Å². The van der Waals surface area contributed by atoms with Crippen LogP contribution in [0.4, 0.5) is 5.69 Å². The van der Waals surface area contributed by atoms with E-state index in [1.165, 1.54) is 0 Å². The van der Waals surface area contributed by atoms with Crippen LogP contribution in [0, 0.1) is 3.57 Å². The fourth-order valence-corrected chi connectivity index (χ4v) is 1.91. The molecule has 0 saturated heterocycles. The zero-order valence-electron chi connectivity index (χ0n) is 10.3. The van der Waals surface area contributed by atoms with E-state index in [0.29, 0.717) is 5.96 Å². The SMILES string of the molecule is I.O=C(CNC1=NCCCN1)Nc1ccc(I)cc1. The molecule has 7 heteroatoms. The Morgan fingerprint density at radius 2 is 2.11 bits per heavy atom. The van der Waals surface area contributed by atoms with E-state index in [1.807, 2.05) is 24.3 Å². The van der Waals surface area contributed by atoms with Crippen LogP contribution in [0.5, 0.6) is 0 Å². The number of hydrogen-bond acceptors (Lipinski definition) is 4. The van der Waals surface area contributed by atoms with Crippen LogP contribution in [0.2, 0.25) is 0 Å². The number of carbonyl (C=O) groups excluding carboxylic acids is 1. The highest BCUT2D eigenvalue weighted by Crippen LogP contribution is 2.10. The summed E-state index contributed by atoms with van der Waals surface area (Å²) in [6.07, 6.45) is 1.04. The van der Waals surface area contributed by atoms with Gasteiger partial charge in [0.2, 0.25) is 5.91 Å². The van der Waals surface area contributed by atoms with Gasteiger partial charge in [-0.2, -0.15) is 0 Å². The Morgan fingerprint density at radius 1 is 1.37 bits per heavy atom. The van der Waals surface area contributed by atoms with E-state index >= 15 is 0 Å². The average molecular weight is 486 g/mol. The Kier molecular flexibility index (Phi) is 7.42. The summed E-state index contributed by atoms with van der Waals surface area (Å²) < 4.78 is 1.14. The largest absolute Gasteiger partial charge is 0.356 e. The molecule has 1 aliphatic heterocycles. The van der Waals surface area contributed by atoms with Crippen molar-refractivity contribution in [2.24, 2.45) is 4.99 Å². The lowest BCUT2D eigenvalue weighted by atomic mass is 10.3. The molecule has 0 saturated carbocycles. The molecule has 104 valence electrons. The standard InChI is InChI=1S/C12H15IN4O.HI/c13-9-2-4-10(5-3-9)17-11(18)8-16-12-14-6-1-7-15-12;/h2-5H,1,6-8H2,(H,17,18)(H2,14,15,16);1H. The molecule has 19 heavy (non-hydrogen) atoms. The minimum Gasteiger partial charge on any atom is -0.356 e. The van der Waals surface area contributed by atoms with Crippen LogP contribution >= 0.6 is 46.6 Å². The number of nitrogens with one attached hydrogen (secondary N) is 3. The number of benzene rings is 1. The van der Waals surface area contributed by atoms with Crippen LogP contribution in [0.1, 0.15) is 6.42 Å². The predicted octanol–water partition coefficient (Wildman–Crippen LogP) is 1.79. The molecule has 2 rings (SSSR count). The third-order valence-electron chi connectivity index (χ3n) is 2.44. The number of anilines is 1. The Bertz CT molecular complexity index is 448. The second-order valence-corrected chi connectivity index (χ2v) is 5.16. The highest BCUT2D eigenvalue weighted by molar-refractivity contribution is 14.1. The van der Waals surface area contributed by atoms with Gasteiger partial charge in [-0.05, 0) is 53.3 Å². The number of halogens is 2. The summed E-state index contributed by atoms with van der Waals surface area (Å²) in [6, 6.07) is 7.68. The van der Waals surface area contributed by atoms with Gasteiger partial charge in [-0.3, -0.25) is 9.79 Å². The molecular formula is C12H16I2N4O. The van der Waals surface area contributed by atoms with Gasteiger partial charge < -0.3 is 16.0 Å². The third-order valence-corrected chi connectivity index (χ3v) is 3.16. The Labute approximate surface area is 143 Å². The van der Waals surface area contributed by atoms with Crippen LogP contribution < -0.4 is 16.0 Å². The quantitative estimate of drug-likeness (QED) is 0.572. The first kappa shape index (κ1) is 16.5. The average Bonchev–Trinajstić information content (AvgIpc) is 2.40. The lowest BCUT2D eigenvalue weighted by molar-refractivity contribution is -0.115. The third kappa shape index (κ3) is 5.93. The van der Waals surface area contributed by atoms with E-state index in [2.05, 4.69) is 43.5 Å². The molecule has 0 aliphatic carbocycles. The number of carbonyl (C=O) groups is 1. The molecule has 0 atom stereocenters. The zero-order valence-corrected chi connectivity index (χ0v) is 14.8. The number of nitrogens with zero attached hydrogens (tertiary/aromatic N) is 1. The molecule has 0 aromatic heterocycles. The van der Waals surface area contributed by atoms with Crippen molar-refractivity contribution in [2.45, 2.75) is 6.42 Å². The van der Waals surface area contributed by atoms with E-state index in [4.69, 9.17) is 0 Å². The maximum Gasteiger partial charge on any atom is 0.243 e. The fourth-order valence-electron chi connectivity index (χ4n) is 1.55. The molecule has 1 aliphatic rings. The maximum absolute atomic E-state index is 11.7.